The van der Waals surface area contributed by atoms with Crippen molar-refractivity contribution in [2.45, 2.75) is 25.7 Å². The molecule has 2 aromatic carbocycles. The summed E-state index contributed by atoms with van der Waals surface area (Å²) >= 11 is 7.98. The van der Waals surface area contributed by atoms with Gasteiger partial charge in [0, 0.05) is 62.4 Å². The Labute approximate surface area is 213 Å². The number of ether oxygens (including phenoxy) is 1. The number of likely N-dealkylation sites (tertiary alicyclic amines) is 1. The van der Waals surface area contributed by atoms with Crippen molar-refractivity contribution < 1.29 is 14.6 Å². The maximum absolute atomic E-state index is 13.6. The number of fused-ring (bicyclic) bond motifs is 4. The number of phenols is 1. The molecule has 1 atom stereocenters. The summed E-state index contributed by atoms with van der Waals surface area (Å²) in [4.78, 5) is 22.2. The van der Waals surface area contributed by atoms with Crippen molar-refractivity contribution in [1.29, 1.82) is 0 Å². The van der Waals surface area contributed by atoms with Crippen molar-refractivity contribution in [1.82, 2.24) is 9.88 Å². The zero-order chi connectivity index (χ0) is 24.1. The first-order chi connectivity index (χ1) is 17.0. The van der Waals surface area contributed by atoms with Crippen molar-refractivity contribution in [3.8, 4) is 11.5 Å². The number of halogens is 1. The fourth-order valence-electron chi connectivity index (χ4n) is 5.41. The Morgan fingerprint density at radius 3 is 2.86 bits per heavy atom. The number of thiophene rings is 1. The lowest BCUT2D eigenvalue weighted by Crippen LogP contribution is -2.30. The first-order valence-electron chi connectivity index (χ1n) is 12.1. The van der Waals surface area contributed by atoms with Gasteiger partial charge < -0.3 is 19.7 Å². The SMILES string of the molecule is Cc1cc2c(O)cc3c(c2s1)[C@H](CCl)CN3C(=O)c1cc2cc(OCCN3CCCC3)ccc2[nH]1. The molecule has 4 aromatic rings. The number of phenolic OH excluding ortho intramolecular Hbond substituents is 1. The molecule has 0 radical (unpaired) electrons. The van der Waals surface area contributed by atoms with Crippen molar-refractivity contribution in [2.24, 2.45) is 0 Å². The Bertz CT molecular complexity index is 1420. The number of hydrogen-bond acceptors (Lipinski definition) is 5. The van der Waals surface area contributed by atoms with E-state index < -0.39 is 0 Å². The number of carbonyl (C=O) groups excluding carboxylic acids is 1. The van der Waals surface area contributed by atoms with Gasteiger partial charge in [-0.25, -0.2) is 0 Å². The molecule has 6 rings (SSSR count). The van der Waals surface area contributed by atoms with E-state index in [1.807, 2.05) is 37.3 Å². The van der Waals surface area contributed by atoms with Crippen LogP contribution in [0.2, 0.25) is 0 Å². The van der Waals surface area contributed by atoms with Crippen LogP contribution in [0.15, 0.2) is 36.4 Å². The first kappa shape index (κ1) is 22.7. The molecular weight excluding hydrogens is 482 g/mol. The van der Waals surface area contributed by atoms with Gasteiger partial charge in [0.05, 0.1) is 5.69 Å². The Morgan fingerprint density at radius 1 is 1.23 bits per heavy atom. The predicted molar refractivity (Wildman–Crippen MR) is 143 cm³/mol. The molecule has 0 unspecified atom stereocenters. The van der Waals surface area contributed by atoms with Crippen LogP contribution in [0.5, 0.6) is 11.5 Å². The zero-order valence-corrected chi connectivity index (χ0v) is 21.2. The van der Waals surface area contributed by atoms with E-state index >= 15 is 0 Å². The zero-order valence-electron chi connectivity index (χ0n) is 19.6. The maximum Gasteiger partial charge on any atom is 0.274 e. The Kier molecular flexibility index (Phi) is 5.87. The van der Waals surface area contributed by atoms with E-state index in [1.54, 1.807) is 22.3 Å². The molecule has 0 bridgehead atoms. The van der Waals surface area contributed by atoms with E-state index in [0.29, 0.717) is 24.7 Å². The van der Waals surface area contributed by atoms with Gasteiger partial charge in [-0.3, -0.25) is 9.69 Å². The standard InChI is InChI=1S/C27H28ClN3O3S/c1-16-10-20-24(32)13-23-25(26(20)35-16)18(14-28)15-31(23)27(33)22-12-17-11-19(4-5-21(17)29-22)34-9-8-30-6-2-3-7-30/h4-5,10-13,18,29,32H,2-3,6-9,14-15H2,1H3/t18-/m1/s1. The summed E-state index contributed by atoms with van der Waals surface area (Å²) < 4.78 is 7.00. The maximum atomic E-state index is 13.6. The Morgan fingerprint density at radius 2 is 2.06 bits per heavy atom. The molecule has 0 saturated carbocycles. The molecular formula is C27H28ClN3O3S. The smallest absolute Gasteiger partial charge is 0.274 e. The molecule has 35 heavy (non-hydrogen) atoms. The second-order valence-corrected chi connectivity index (χ2v) is 11.1. The van der Waals surface area contributed by atoms with Crippen LogP contribution in [-0.2, 0) is 0 Å². The molecule has 1 saturated heterocycles. The van der Waals surface area contributed by atoms with Crippen molar-refractivity contribution in [3.05, 3.63) is 52.5 Å². The number of carbonyl (C=O) groups is 1. The summed E-state index contributed by atoms with van der Waals surface area (Å²) in [5.41, 5.74) is 3.21. The molecule has 1 fully saturated rings. The molecule has 2 aliphatic heterocycles. The highest BCUT2D eigenvalue weighted by atomic mass is 35.5. The molecule has 182 valence electrons. The normalized spacial score (nSPS) is 18.1. The van der Waals surface area contributed by atoms with E-state index in [-0.39, 0.29) is 17.6 Å². The van der Waals surface area contributed by atoms with Gasteiger partial charge in [0.2, 0.25) is 0 Å². The minimum absolute atomic E-state index is 0.0248. The van der Waals surface area contributed by atoms with Crippen LogP contribution in [0, 0.1) is 6.92 Å². The minimum atomic E-state index is -0.126. The second-order valence-electron chi connectivity index (χ2n) is 9.52. The van der Waals surface area contributed by atoms with Crippen LogP contribution >= 0.6 is 22.9 Å². The van der Waals surface area contributed by atoms with E-state index in [2.05, 4.69) is 9.88 Å². The molecule has 6 nitrogen and oxygen atoms in total. The number of aromatic nitrogens is 1. The van der Waals surface area contributed by atoms with Gasteiger partial charge in [-0.15, -0.1) is 22.9 Å². The van der Waals surface area contributed by atoms with Gasteiger partial charge in [0.15, 0.2) is 0 Å². The van der Waals surface area contributed by atoms with Gasteiger partial charge in [0.1, 0.15) is 23.8 Å². The average molecular weight is 510 g/mol. The predicted octanol–water partition coefficient (Wildman–Crippen LogP) is 5.85. The number of rotatable bonds is 6. The third-order valence-electron chi connectivity index (χ3n) is 7.16. The summed E-state index contributed by atoms with van der Waals surface area (Å²) in [6.07, 6.45) is 2.55. The highest BCUT2D eigenvalue weighted by Crippen LogP contribution is 2.48. The number of aryl methyl sites for hydroxylation is 1. The lowest BCUT2D eigenvalue weighted by Gasteiger charge is -2.17. The number of H-pyrrole nitrogens is 1. The molecule has 0 spiro atoms. The lowest BCUT2D eigenvalue weighted by molar-refractivity contribution is 0.0984. The van der Waals surface area contributed by atoms with Crippen LogP contribution in [-0.4, -0.2) is 59.6 Å². The van der Waals surface area contributed by atoms with E-state index in [4.69, 9.17) is 16.3 Å². The van der Waals surface area contributed by atoms with Gasteiger partial charge in [-0.1, -0.05) is 0 Å². The number of hydrogen-bond donors (Lipinski definition) is 2. The number of benzene rings is 2. The van der Waals surface area contributed by atoms with E-state index in [0.717, 1.165) is 62.5 Å². The van der Waals surface area contributed by atoms with Gasteiger partial charge in [-0.05, 0) is 63.2 Å². The molecule has 4 heterocycles. The van der Waals surface area contributed by atoms with E-state index in [9.17, 15) is 9.90 Å². The van der Waals surface area contributed by atoms with E-state index in [1.165, 1.54) is 12.8 Å². The van der Waals surface area contributed by atoms with Crippen molar-refractivity contribution >= 4 is 55.5 Å². The molecule has 2 aliphatic rings. The molecule has 1 amide bonds. The van der Waals surface area contributed by atoms with Crippen LogP contribution in [0.3, 0.4) is 0 Å². The Hall–Kier alpha value is -2.74. The number of nitrogens with one attached hydrogen (secondary N) is 1. The monoisotopic (exact) mass is 509 g/mol. The third kappa shape index (κ3) is 4.05. The first-order valence-corrected chi connectivity index (χ1v) is 13.5. The van der Waals surface area contributed by atoms with Crippen LogP contribution in [0.1, 0.15) is 39.7 Å². The number of alkyl halides is 1. The topological polar surface area (TPSA) is 68.8 Å². The quantitative estimate of drug-likeness (QED) is 0.320. The van der Waals surface area contributed by atoms with Crippen LogP contribution in [0.25, 0.3) is 21.0 Å². The number of nitrogens with zero attached hydrogens (tertiary/aromatic N) is 2. The number of amides is 1. The highest BCUT2D eigenvalue weighted by Gasteiger charge is 2.36. The van der Waals surface area contributed by atoms with Gasteiger partial charge >= 0.3 is 0 Å². The largest absolute Gasteiger partial charge is 0.507 e. The van der Waals surface area contributed by atoms with Crippen LogP contribution in [0.4, 0.5) is 5.69 Å². The van der Waals surface area contributed by atoms with Crippen molar-refractivity contribution in [3.63, 3.8) is 0 Å². The fraction of sp³-hybridized carbons (Fsp3) is 0.370. The number of aromatic hydroxyl groups is 1. The minimum Gasteiger partial charge on any atom is -0.507 e. The van der Waals surface area contributed by atoms with Gasteiger partial charge in [0.25, 0.3) is 5.91 Å². The summed E-state index contributed by atoms with van der Waals surface area (Å²) in [6, 6.07) is 11.5. The Balaban J connectivity index is 1.26. The van der Waals surface area contributed by atoms with Gasteiger partial charge in [-0.2, -0.15) is 0 Å². The second kappa shape index (κ2) is 9.04. The molecule has 2 aromatic heterocycles. The summed E-state index contributed by atoms with van der Waals surface area (Å²) in [6.45, 7) is 6.43. The summed E-state index contributed by atoms with van der Waals surface area (Å²) in [5.74, 6) is 1.32. The third-order valence-corrected chi connectivity index (χ3v) is 8.61. The van der Waals surface area contributed by atoms with Crippen LogP contribution < -0.4 is 9.64 Å². The molecule has 8 heteroatoms. The number of anilines is 1. The fourth-order valence-corrected chi connectivity index (χ4v) is 6.82. The average Bonchev–Trinajstić information content (AvgIpc) is 3.63. The molecule has 0 aliphatic carbocycles. The van der Waals surface area contributed by atoms with Crippen molar-refractivity contribution in [2.75, 3.05) is 43.6 Å². The lowest BCUT2D eigenvalue weighted by atomic mass is 10.0. The molecule has 2 N–H and O–H groups in total. The summed E-state index contributed by atoms with van der Waals surface area (Å²) in [5, 5.41) is 12.4. The number of aromatic amines is 1. The highest BCUT2D eigenvalue weighted by molar-refractivity contribution is 7.19. The summed E-state index contributed by atoms with van der Waals surface area (Å²) in [7, 11) is 0.